The maximum atomic E-state index is 13.3. The van der Waals surface area contributed by atoms with Crippen LogP contribution in [0.15, 0.2) is 54.6 Å². The molecule has 1 aliphatic rings. The van der Waals surface area contributed by atoms with Gasteiger partial charge < -0.3 is 15.0 Å². The third-order valence-electron chi connectivity index (χ3n) is 5.01. The van der Waals surface area contributed by atoms with E-state index in [2.05, 4.69) is 30.4 Å². The number of hydrogen-bond donors (Lipinski definition) is 1. The molecule has 8 nitrogen and oxygen atoms in total. The molecule has 5 rings (SSSR count). The van der Waals surface area contributed by atoms with E-state index >= 15 is 0 Å². The van der Waals surface area contributed by atoms with Crippen molar-refractivity contribution in [2.75, 3.05) is 36.5 Å². The summed E-state index contributed by atoms with van der Waals surface area (Å²) in [5.41, 5.74) is 2.75. The second-order valence-electron chi connectivity index (χ2n) is 7.12. The largest absolute Gasteiger partial charge is 0.378 e. The molecular weight excluding hydrogens is 397 g/mol. The number of aromatic nitrogens is 5. The number of benzene rings is 2. The van der Waals surface area contributed by atoms with Crippen molar-refractivity contribution < 1.29 is 9.13 Å². The first kappa shape index (κ1) is 19.3. The summed E-state index contributed by atoms with van der Waals surface area (Å²) >= 11 is 0. The third-order valence-corrected chi connectivity index (χ3v) is 5.01. The molecule has 0 spiro atoms. The second-order valence-corrected chi connectivity index (χ2v) is 7.12. The molecule has 2 aromatic heterocycles. The quantitative estimate of drug-likeness (QED) is 0.530. The lowest BCUT2D eigenvalue weighted by Gasteiger charge is -2.28. The van der Waals surface area contributed by atoms with Crippen LogP contribution in [0, 0.1) is 5.82 Å². The Labute approximate surface area is 178 Å². The zero-order valence-electron chi connectivity index (χ0n) is 16.7. The molecule has 1 saturated heterocycles. The predicted octanol–water partition coefficient (Wildman–Crippen LogP) is 3.07. The summed E-state index contributed by atoms with van der Waals surface area (Å²) in [5, 5.41) is 11.8. The molecule has 1 aliphatic heterocycles. The normalized spacial score (nSPS) is 14.0. The fourth-order valence-corrected chi connectivity index (χ4v) is 3.40. The molecule has 156 valence electrons. The van der Waals surface area contributed by atoms with Crippen molar-refractivity contribution in [2.24, 2.45) is 0 Å². The lowest BCUT2D eigenvalue weighted by Crippen LogP contribution is -2.37. The maximum Gasteiger partial charge on any atom is 0.227 e. The summed E-state index contributed by atoms with van der Waals surface area (Å²) in [6, 6.07) is 16.0. The summed E-state index contributed by atoms with van der Waals surface area (Å²) < 4.78 is 18.8. The van der Waals surface area contributed by atoms with Crippen LogP contribution in [0.2, 0.25) is 0 Å². The van der Waals surface area contributed by atoms with Gasteiger partial charge in [0.15, 0.2) is 17.2 Å². The average molecular weight is 417 g/mol. The van der Waals surface area contributed by atoms with E-state index in [1.165, 1.54) is 12.1 Å². The Morgan fingerprint density at radius 1 is 0.903 bits per heavy atom. The number of anilines is 2. The number of morpholine rings is 1. The zero-order chi connectivity index (χ0) is 21.0. The van der Waals surface area contributed by atoms with Gasteiger partial charge in [0.05, 0.1) is 13.2 Å². The van der Waals surface area contributed by atoms with Crippen LogP contribution in [0.3, 0.4) is 0 Å². The highest BCUT2D eigenvalue weighted by atomic mass is 19.1. The van der Waals surface area contributed by atoms with E-state index in [0.29, 0.717) is 67.2 Å². The van der Waals surface area contributed by atoms with Crippen molar-refractivity contribution in [2.45, 2.75) is 6.54 Å². The minimum atomic E-state index is -0.316. The van der Waals surface area contributed by atoms with Crippen molar-refractivity contribution in [3.8, 4) is 11.4 Å². The van der Waals surface area contributed by atoms with E-state index in [-0.39, 0.29) is 5.82 Å². The van der Waals surface area contributed by atoms with Gasteiger partial charge in [-0.1, -0.05) is 30.3 Å². The Balaban J connectivity index is 1.54. The van der Waals surface area contributed by atoms with Gasteiger partial charge in [-0.3, -0.25) is 0 Å². The van der Waals surface area contributed by atoms with E-state index in [4.69, 9.17) is 9.72 Å². The molecule has 0 aliphatic carbocycles. The third kappa shape index (κ3) is 4.26. The molecule has 0 atom stereocenters. The van der Waals surface area contributed by atoms with Crippen molar-refractivity contribution in [3.05, 3.63) is 66.0 Å². The lowest BCUT2D eigenvalue weighted by molar-refractivity contribution is 0.122. The molecule has 0 saturated carbocycles. The fraction of sp³-hybridized carbons (Fsp3) is 0.227. The van der Waals surface area contributed by atoms with Crippen molar-refractivity contribution >= 4 is 22.9 Å². The number of fused-ring (bicyclic) bond motifs is 1. The minimum Gasteiger partial charge on any atom is -0.378 e. The fourth-order valence-electron chi connectivity index (χ4n) is 3.40. The molecule has 1 fully saturated rings. The van der Waals surface area contributed by atoms with Gasteiger partial charge in [0.2, 0.25) is 11.6 Å². The van der Waals surface area contributed by atoms with Gasteiger partial charge in [0.25, 0.3) is 0 Å². The smallest absolute Gasteiger partial charge is 0.227 e. The van der Waals surface area contributed by atoms with Gasteiger partial charge in [-0.05, 0) is 29.8 Å². The number of nitrogens with one attached hydrogen (secondary N) is 1. The number of nitrogens with zero attached hydrogens (tertiary/aromatic N) is 6. The Morgan fingerprint density at radius 2 is 1.68 bits per heavy atom. The Morgan fingerprint density at radius 3 is 2.45 bits per heavy atom. The molecule has 0 amide bonds. The van der Waals surface area contributed by atoms with Gasteiger partial charge in [0.1, 0.15) is 5.82 Å². The topological polar surface area (TPSA) is 89.0 Å². The first-order chi connectivity index (χ1) is 15.3. The van der Waals surface area contributed by atoms with Crippen LogP contribution in [-0.4, -0.2) is 51.5 Å². The molecule has 3 heterocycles. The minimum absolute atomic E-state index is 0.316. The first-order valence-corrected chi connectivity index (χ1v) is 10.1. The second kappa shape index (κ2) is 8.57. The van der Waals surface area contributed by atoms with Crippen LogP contribution >= 0.6 is 0 Å². The van der Waals surface area contributed by atoms with E-state index in [1.807, 2.05) is 30.3 Å². The van der Waals surface area contributed by atoms with Crippen LogP contribution in [-0.2, 0) is 11.3 Å². The summed E-state index contributed by atoms with van der Waals surface area (Å²) in [6.07, 6.45) is 0. The van der Waals surface area contributed by atoms with Gasteiger partial charge in [0, 0.05) is 25.2 Å². The van der Waals surface area contributed by atoms with E-state index in [0.717, 1.165) is 5.56 Å². The summed E-state index contributed by atoms with van der Waals surface area (Å²) in [4.78, 5) is 16.1. The standard InChI is InChI=1S/C22H20FN7O/c23-17-8-6-16(7-9-17)19-25-18-20(29-28-19)26-22(24-14-15-4-2-1-3-5-15)27-21(18)30-10-12-31-13-11-30/h1-9H,10-14H2,(H,24,26,27,29). The van der Waals surface area contributed by atoms with Crippen LogP contribution in [0.1, 0.15) is 5.56 Å². The Hall–Kier alpha value is -3.72. The molecule has 4 aromatic rings. The van der Waals surface area contributed by atoms with Crippen LogP contribution in [0.5, 0.6) is 0 Å². The Bertz CT molecular complexity index is 1180. The summed E-state index contributed by atoms with van der Waals surface area (Å²) in [5.74, 6) is 1.23. The lowest BCUT2D eigenvalue weighted by atomic mass is 10.2. The van der Waals surface area contributed by atoms with Crippen molar-refractivity contribution in [3.63, 3.8) is 0 Å². The maximum absolute atomic E-state index is 13.3. The highest BCUT2D eigenvalue weighted by Crippen LogP contribution is 2.25. The van der Waals surface area contributed by atoms with Gasteiger partial charge in [-0.25, -0.2) is 9.37 Å². The SMILES string of the molecule is Fc1ccc(-c2nnc3nc(NCc4ccccc4)nc(N4CCOCC4)c3n2)cc1. The van der Waals surface area contributed by atoms with Gasteiger partial charge in [-0.2, -0.15) is 9.97 Å². The zero-order valence-corrected chi connectivity index (χ0v) is 16.7. The Kier molecular flexibility index (Phi) is 5.32. The number of hydrogen-bond acceptors (Lipinski definition) is 8. The van der Waals surface area contributed by atoms with Crippen molar-refractivity contribution in [1.82, 2.24) is 25.1 Å². The molecule has 0 unspecified atom stereocenters. The highest BCUT2D eigenvalue weighted by molar-refractivity contribution is 5.85. The van der Waals surface area contributed by atoms with Crippen LogP contribution < -0.4 is 10.2 Å². The average Bonchev–Trinajstić information content (AvgIpc) is 2.83. The summed E-state index contributed by atoms with van der Waals surface area (Å²) in [6.45, 7) is 3.20. The molecule has 0 radical (unpaired) electrons. The van der Waals surface area contributed by atoms with Crippen LogP contribution in [0.25, 0.3) is 22.6 Å². The number of rotatable bonds is 5. The molecule has 1 N–H and O–H groups in total. The van der Waals surface area contributed by atoms with Gasteiger partial charge >= 0.3 is 0 Å². The molecule has 2 aromatic carbocycles. The molecule has 31 heavy (non-hydrogen) atoms. The highest BCUT2D eigenvalue weighted by Gasteiger charge is 2.20. The number of ether oxygens (including phenoxy) is 1. The first-order valence-electron chi connectivity index (χ1n) is 10.1. The van der Waals surface area contributed by atoms with Gasteiger partial charge in [-0.15, -0.1) is 10.2 Å². The van der Waals surface area contributed by atoms with Crippen molar-refractivity contribution in [1.29, 1.82) is 0 Å². The summed E-state index contributed by atoms with van der Waals surface area (Å²) in [7, 11) is 0. The van der Waals surface area contributed by atoms with E-state index in [1.54, 1.807) is 12.1 Å². The van der Waals surface area contributed by atoms with Crippen LogP contribution in [0.4, 0.5) is 16.2 Å². The van der Waals surface area contributed by atoms with E-state index in [9.17, 15) is 4.39 Å². The van der Waals surface area contributed by atoms with E-state index < -0.39 is 0 Å². The molecule has 0 bridgehead atoms. The predicted molar refractivity (Wildman–Crippen MR) is 115 cm³/mol. The molecular formula is C22H20FN7O. The monoisotopic (exact) mass is 417 g/mol. The number of halogens is 1. The molecule has 9 heteroatoms.